The number of hydrogen-bond donors (Lipinski definition) is 1. The predicted molar refractivity (Wildman–Crippen MR) is 58.4 cm³/mol. The Hall–Kier alpha value is -0.500. The first-order valence-corrected chi connectivity index (χ1v) is 5.35. The number of rotatable bonds is 3. The van der Waals surface area contributed by atoms with Gasteiger partial charge in [-0.15, -0.1) is 11.6 Å². The molecule has 0 radical (unpaired) electrons. The van der Waals surface area contributed by atoms with E-state index in [9.17, 15) is 13.6 Å². The van der Waals surface area contributed by atoms with Gasteiger partial charge in [-0.1, -0.05) is 0 Å². The molecule has 0 amide bonds. The second-order valence-corrected chi connectivity index (χ2v) is 3.90. The van der Waals surface area contributed by atoms with Gasteiger partial charge >= 0.3 is 5.97 Å². The number of halogens is 4. The number of pyridine rings is 1. The zero-order valence-corrected chi connectivity index (χ0v) is 10.1. The van der Waals surface area contributed by atoms with Crippen LogP contribution in [-0.2, 0) is 5.88 Å². The Bertz CT molecular complexity index is 400. The van der Waals surface area contributed by atoms with Crippen molar-refractivity contribution in [1.82, 2.24) is 4.98 Å². The molecular weight excluding hydrogens is 342 g/mol. The molecule has 1 aromatic rings. The minimum Gasteiger partial charge on any atom is -0.476 e. The molecule has 1 N–H and O–H groups in total. The Balaban J connectivity index is 3.38. The highest BCUT2D eigenvalue weighted by molar-refractivity contribution is 14.1. The topological polar surface area (TPSA) is 50.2 Å². The van der Waals surface area contributed by atoms with Crippen LogP contribution in [0.4, 0.5) is 8.78 Å². The maximum atomic E-state index is 12.5. The summed E-state index contributed by atoms with van der Waals surface area (Å²) < 4.78 is 25.3. The third-order valence-corrected chi connectivity index (χ3v) is 2.88. The lowest BCUT2D eigenvalue weighted by Crippen LogP contribution is -2.09. The molecule has 7 heteroatoms. The van der Waals surface area contributed by atoms with E-state index in [4.69, 9.17) is 16.7 Å². The van der Waals surface area contributed by atoms with Crippen molar-refractivity contribution in [3.8, 4) is 0 Å². The van der Waals surface area contributed by atoms with E-state index in [1.165, 1.54) is 0 Å². The molecule has 0 aliphatic heterocycles. The van der Waals surface area contributed by atoms with Crippen LogP contribution in [0, 0.1) is 3.70 Å². The second-order valence-electron chi connectivity index (χ2n) is 2.62. The summed E-state index contributed by atoms with van der Waals surface area (Å²) in [6, 6.07) is 1.08. The third-order valence-electron chi connectivity index (χ3n) is 1.66. The van der Waals surface area contributed by atoms with Crippen molar-refractivity contribution in [2.75, 3.05) is 0 Å². The molecule has 0 atom stereocenters. The van der Waals surface area contributed by atoms with Crippen LogP contribution >= 0.6 is 34.2 Å². The number of aromatic carboxylic acids is 1. The van der Waals surface area contributed by atoms with Crippen LogP contribution in [0.1, 0.15) is 28.0 Å². The first-order chi connectivity index (χ1) is 6.97. The predicted octanol–water partition coefficient (Wildman–Crippen LogP) is 3.06. The normalized spacial score (nSPS) is 10.7. The van der Waals surface area contributed by atoms with Gasteiger partial charge in [0.15, 0.2) is 5.69 Å². The fourth-order valence-electron chi connectivity index (χ4n) is 0.981. The van der Waals surface area contributed by atoms with Gasteiger partial charge in [0.05, 0.1) is 5.56 Å². The van der Waals surface area contributed by atoms with E-state index in [0.717, 1.165) is 6.07 Å². The average Bonchev–Trinajstić information content (AvgIpc) is 2.16. The molecule has 1 aromatic heterocycles. The van der Waals surface area contributed by atoms with E-state index in [2.05, 4.69) is 4.98 Å². The summed E-state index contributed by atoms with van der Waals surface area (Å²) >= 11 is 7.26. The third kappa shape index (κ3) is 2.75. The molecule has 0 saturated heterocycles. The molecule has 0 aliphatic rings. The molecule has 0 bridgehead atoms. The van der Waals surface area contributed by atoms with Crippen molar-refractivity contribution in [2.24, 2.45) is 0 Å². The number of aromatic nitrogens is 1. The van der Waals surface area contributed by atoms with Gasteiger partial charge in [0.2, 0.25) is 0 Å². The summed E-state index contributed by atoms with van der Waals surface area (Å²) in [5.41, 5.74) is -0.820. The minimum atomic E-state index is -2.87. The van der Waals surface area contributed by atoms with E-state index in [1.807, 2.05) is 0 Å². The summed E-state index contributed by atoms with van der Waals surface area (Å²) in [5.74, 6) is -1.45. The van der Waals surface area contributed by atoms with Crippen LogP contribution in [0.15, 0.2) is 6.07 Å². The van der Waals surface area contributed by atoms with E-state index >= 15 is 0 Å². The molecule has 0 saturated carbocycles. The molecule has 0 spiro atoms. The SMILES string of the molecule is O=C(O)c1nc(I)c(CCl)cc1C(F)F. The smallest absolute Gasteiger partial charge is 0.355 e. The van der Waals surface area contributed by atoms with E-state index < -0.39 is 23.7 Å². The fourth-order valence-corrected chi connectivity index (χ4v) is 2.00. The van der Waals surface area contributed by atoms with Crippen molar-refractivity contribution >= 4 is 40.2 Å². The second kappa shape index (κ2) is 5.02. The number of nitrogens with zero attached hydrogens (tertiary/aromatic N) is 1. The van der Waals surface area contributed by atoms with Crippen molar-refractivity contribution in [3.63, 3.8) is 0 Å². The Morgan fingerprint density at radius 3 is 2.67 bits per heavy atom. The molecule has 0 fully saturated rings. The van der Waals surface area contributed by atoms with Crippen LogP contribution in [0.3, 0.4) is 0 Å². The minimum absolute atomic E-state index is 0.0187. The fraction of sp³-hybridized carbons (Fsp3) is 0.250. The lowest BCUT2D eigenvalue weighted by molar-refractivity contribution is 0.0676. The summed E-state index contributed by atoms with van der Waals surface area (Å²) in [7, 11) is 0. The van der Waals surface area contributed by atoms with Gasteiger partial charge in [0.1, 0.15) is 3.70 Å². The highest BCUT2D eigenvalue weighted by atomic mass is 127. The standard InChI is InChI=1S/C8H5ClF2INO2/c9-2-3-1-4(6(10)11)5(8(14)15)13-7(3)12/h1,6H,2H2,(H,14,15). The van der Waals surface area contributed by atoms with E-state index in [1.54, 1.807) is 22.6 Å². The summed E-state index contributed by atoms with van der Waals surface area (Å²) in [4.78, 5) is 14.2. The van der Waals surface area contributed by atoms with Crippen LogP contribution in [-0.4, -0.2) is 16.1 Å². The van der Waals surface area contributed by atoms with Gasteiger partial charge < -0.3 is 5.11 Å². The number of alkyl halides is 3. The summed E-state index contributed by atoms with van der Waals surface area (Å²) in [6.45, 7) is 0. The highest BCUT2D eigenvalue weighted by Crippen LogP contribution is 2.25. The molecule has 3 nitrogen and oxygen atoms in total. The maximum absolute atomic E-state index is 12.5. The van der Waals surface area contributed by atoms with E-state index in [0.29, 0.717) is 9.26 Å². The Labute approximate surface area is 103 Å². The summed E-state index contributed by atoms with van der Waals surface area (Å²) in [6.07, 6.45) is -2.87. The van der Waals surface area contributed by atoms with Gasteiger partial charge in [-0.2, -0.15) is 0 Å². The van der Waals surface area contributed by atoms with E-state index in [-0.39, 0.29) is 5.88 Å². The van der Waals surface area contributed by atoms with Crippen LogP contribution in [0.25, 0.3) is 0 Å². The van der Waals surface area contributed by atoms with Crippen LogP contribution in [0.5, 0.6) is 0 Å². The van der Waals surface area contributed by atoms with Gasteiger partial charge in [-0.3, -0.25) is 0 Å². The lowest BCUT2D eigenvalue weighted by atomic mass is 10.1. The number of hydrogen-bond acceptors (Lipinski definition) is 2. The van der Waals surface area contributed by atoms with Crippen LogP contribution < -0.4 is 0 Å². The molecule has 82 valence electrons. The zero-order chi connectivity index (χ0) is 11.6. The number of carbonyl (C=O) groups is 1. The van der Waals surface area contributed by atoms with Crippen molar-refractivity contribution < 1.29 is 18.7 Å². The number of carboxylic acids is 1. The van der Waals surface area contributed by atoms with Crippen molar-refractivity contribution in [2.45, 2.75) is 12.3 Å². The lowest BCUT2D eigenvalue weighted by Gasteiger charge is -2.07. The Morgan fingerprint density at radius 2 is 2.27 bits per heavy atom. The first kappa shape index (κ1) is 12.6. The molecule has 0 aromatic carbocycles. The monoisotopic (exact) mass is 347 g/mol. The molecule has 1 rings (SSSR count). The largest absolute Gasteiger partial charge is 0.476 e. The average molecular weight is 347 g/mol. The molecule has 0 aliphatic carbocycles. The van der Waals surface area contributed by atoms with Crippen molar-refractivity contribution in [3.05, 3.63) is 26.6 Å². The molecular formula is C8H5ClF2INO2. The molecule has 0 unspecified atom stereocenters. The first-order valence-electron chi connectivity index (χ1n) is 3.74. The quantitative estimate of drug-likeness (QED) is 0.519. The van der Waals surface area contributed by atoms with Gasteiger partial charge in [-0.25, -0.2) is 18.6 Å². The summed E-state index contributed by atoms with van der Waals surface area (Å²) in [5, 5.41) is 8.67. The van der Waals surface area contributed by atoms with Gasteiger partial charge in [-0.05, 0) is 34.2 Å². The zero-order valence-electron chi connectivity index (χ0n) is 7.18. The van der Waals surface area contributed by atoms with Gasteiger partial charge in [0, 0.05) is 5.88 Å². The highest BCUT2D eigenvalue weighted by Gasteiger charge is 2.21. The molecule has 1 heterocycles. The molecule has 15 heavy (non-hydrogen) atoms. The maximum Gasteiger partial charge on any atom is 0.355 e. The van der Waals surface area contributed by atoms with Gasteiger partial charge in [0.25, 0.3) is 6.43 Å². The number of carboxylic acid groups (broad SMARTS) is 1. The Kier molecular flexibility index (Phi) is 4.21. The van der Waals surface area contributed by atoms with Crippen molar-refractivity contribution in [1.29, 1.82) is 0 Å². The Morgan fingerprint density at radius 1 is 1.67 bits per heavy atom. The van der Waals surface area contributed by atoms with Crippen LogP contribution in [0.2, 0.25) is 0 Å².